The highest BCUT2D eigenvalue weighted by atomic mass is 16.3. The fourth-order valence-electron chi connectivity index (χ4n) is 2.52. The number of aromatic nitrogens is 4. The molecule has 3 aromatic rings. The molecule has 0 aliphatic carbocycles. The zero-order chi connectivity index (χ0) is 14.8. The standard InChI is InChI=1S/C16H18N4O/c1-3-14-13(11-19(2)18-14)16(21)15-9-10-17-20(15)12-7-5-4-6-8-12/h4-11,16,21H,3H2,1-2H3. The molecule has 2 heterocycles. The molecule has 1 atom stereocenters. The van der Waals surface area contributed by atoms with Gasteiger partial charge in [-0.1, -0.05) is 25.1 Å². The molecular weight excluding hydrogens is 264 g/mol. The number of aryl methyl sites for hydroxylation is 2. The van der Waals surface area contributed by atoms with Crippen LogP contribution in [0.25, 0.3) is 5.69 Å². The third kappa shape index (κ3) is 2.48. The Bertz CT molecular complexity index is 730. The molecule has 3 rings (SSSR count). The van der Waals surface area contributed by atoms with Crippen molar-refractivity contribution in [3.05, 3.63) is 65.7 Å². The first kappa shape index (κ1) is 13.6. The summed E-state index contributed by atoms with van der Waals surface area (Å²) in [6.07, 6.45) is 3.61. The predicted octanol–water partition coefficient (Wildman–Crippen LogP) is 2.25. The fraction of sp³-hybridized carbons (Fsp3) is 0.250. The molecule has 5 nitrogen and oxygen atoms in total. The maximum atomic E-state index is 10.7. The second kappa shape index (κ2) is 5.54. The number of hydrogen-bond donors (Lipinski definition) is 1. The molecule has 5 heteroatoms. The highest BCUT2D eigenvalue weighted by molar-refractivity contribution is 5.36. The fourth-order valence-corrected chi connectivity index (χ4v) is 2.52. The average molecular weight is 282 g/mol. The van der Waals surface area contributed by atoms with Crippen LogP contribution in [0.1, 0.15) is 30.0 Å². The Morgan fingerprint density at radius 1 is 1.19 bits per heavy atom. The van der Waals surface area contributed by atoms with Crippen LogP contribution in [0.2, 0.25) is 0 Å². The van der Waals surface area contributed by atoms with Crippen LogP contribution in [-0.4, -0.2) is 24.7 Å². The minimum Gasteiger partial charge on any atom is -0.382 e. The van der Waals surface area contributed by atoms with Crippen LogP contribution in [0, 0.1) is 0 Å². The van der Waals surface area contributed by atoms with Gasteiger partial charge < -0.3 is 5.11 Å². The van der Waals surface area contributed by atoms with Gasteiger partial charge in [0.05, 0.1) is 17.1 Å². The molecule has 21 heavy (non-hydrogen) atoms. The molecule has 0 spiro atoms. The Morgan fingerprint density at radius 3 is 2.67 bits per heavy atom. The van der Waals surface area contributed by atoms with E-state index in [9.17, 15) is 5.11 Å². The molecule has 0 amide bonds. The van der Waals surface area contributed by atoms with Crippen molar-refractivity contribution < 1.29 is 5.11 Å². The normalized spacial score (nSPS) is 12.5. The van der Waals surface area contributed by atoms with E-state index < -0.39 is 6.10 Å². The summed E-state index contributed by atoms with van der Waals surface area (Å²) < 4.78 is 3.50. The van der Waals surface area contributed by atoms with Gasteiger partial charge in [-0.05, 0) is 24.6 Å². The van der Waals surface area contributed by atoms with Gasteiger partial charge in [-0.15, -0.1) is 0 Å². The molecule has 108 valence electrons. The van der Waals surface area contributed by atoms with Crippen LogP contribution in [-0.2, 0) is 13.5 Å². The molecule has 2 aromatic heterocycles. The van der Waals surface area contributed by atoms with Gasteiger partial charge in [0.1, 0.15) is 6.10 Å². The minimum absolute atomic E-state index is 0.739. The lowest BCUT2D eigenvalue weighted by Crippen LogP contribution is -2.09. The first-order valence-electron chi connectivity index (χ1n) is 7.00. The predicted molar refractivity (Wildman–Crippen MR) is 80.2 cm³/mol. The van der Waals surface area contributed by atoms with Gasteiger partial charge in [0, 0.05) is 25.0 Å². The summed E-state index contributed by atoms with van der Waals surface area (Å²) in [5, 5.41) is 19.4. The van der Waals surface area contributed by atoms with Crippen LogP contribution in [0.4, 0.5) is 0 Å². The quantitative estimate of drug-likeness (QED) is 0.798. The highest BCUT2D eigenvalue weighted by Crippen LogP contribution is 2.26. The van der Waals surface area contributed by atoms with Gasteiger partial charge >= 0.3 is 0 Å². The number of para-hydroxylation sites is 1. The number of aliphatic hydroxyl groups is 1. The van der Waals surface area contributed by atoms with Crippen LogP contribution >= 0.6 is 0 Å². The molecule has 0 bridgehead atoms. The van der Waals surface area contributed by atoms with Crippen molar-refractivity contribution in [2.45, 2.75) is 19.4 Å². The summed E-state index contributed by atoms with van der Waals surface area (Å²) in [6, 6.07) is 11.6. The molecule has 0 aliphatic heterocycles. The lowest BCUT2D eigenvalue weighted by atomic mass is 10.1. The van der Waals surface area contributed by atoms with E-state index in [-0.39, 0.29) is 0 Å². The monoisotopic (exact) mass is 282 g/mol. The molecule has 0 saturated heterocycles. The van der Waals surface area contributed by atoms with E-state index in [0.717, 1.165) is 29.1 Å². The Morgan fingerprint density at radius 2 is 1.95 bits per heavy atom. The summed E-state index contributed by atoms with van der Waals surface area (Å²) in [7, 11) is 1.86. The van der Waals surface area contributed by atoms with E-state index in [4.69, 9.17) is 0 Å². The Labute approximate surface area is 123 Å². The van der Waals surface area contributed by atoms with Crippen molar-refractivity contribution in [2.24, 2.45) is 7.05 Å². The van der Waals surface area contributed by atoms with Crippen LogP contribution in [0.5, 0.6) is 0 Å². The van der Waals surface area contributed by atoms with E-state index in [2.05, 4.69) is 10.2 Å². The van der Waals surface area contributed by atoms with Gasteiger partial charge in [-0.3, -0.25) is 4.68 Å². The zero-order valence-electron chi connectivity index (χ0n) is 12.1. The Hall–Kier alpha value is -2.40. The average Bonchev–Trinajstić information content (AvgIpc) is 3.13. The lowest BCUT2D eigenvalue weighted by molar-refractivity contribution is 0.211. The van der Waals surface area contributed by atoms with Crippen molar-refractivity contribution in [1.82, 2.24) is 19.6 Å². The summed E-state index contributed by atoms with van der Waals surface area (Å²) in [6.45, 7) is 2.03. The van der Waals surface area contributed by atoms with Crippen LogP contribution in [0.3, 0.4) is 0 Å². The van der Waals surface area contributed by atoms with E-state index in [0.29, 0.717) is 0 Å². The van der Waals surface area contributed by atoms with E-state index in [1.54, 1.807) is 15.6 Å². The maximum absolute atomic E-state index is 10.7. The van der Waals surface area contributed by atoms with E-state index in [1.807, 2.05) is 56.6 Å². The van der Waals surface area contributed by atoms with Gasteiger partial charge in [-0.25, -0.2) is 4.68 Å². The zero-order valence-corrected chi connectivity index (χ0v) is 12.1. The van der Waals surface area contributed by atoms with Crippen molar-refractivity contribution in [3.8, 4) is 5.69 Å². The molecule has 0 aliphatic rings. The summed E-state index contributed by atoms with van der Waals surface area (Å²) >= 11 is 0. The first-order chi connectivity index (χ1) is 10.2. The van der Waals surface area contributed by atoms with Gasteiger partial charge in [0.25, 0.3) is 0 Å². The van der Waals surface area contributed by atoms with Gasteiger partial charge in [0.2, 0.25) is 0 Å². The third-order valence-electron chi connectivity index (χ3n) is 3.52. The van der Waals surface area contributed by atoms with Crippen LogP contribution in [0.15, 0.2) is 48.8 Å². The summed E-state index contributed by atoms with van der Waals surface area (Å²) in [5.41, 5.74) is 3.41. The van der Waals surface area contributed by atoms with Gasteiger partial charge in [0.15, 0.2) is 0 Å². The molecule has 0 fully saturated rings. The SMILES string of the molecule is CCc1nn(C)cc1C(O)c1ccnn1-c1ccccc1. The molecular formula is C16H18N4O. The number of aliphatic hydroxyl groups excluding tert-OH is 1. The summed E-state index contributed by atoms with van der Waals surface area (Å²) in [4.78, 5) is 0. The second-order valence-corrected chi connectivity index (χ2v) is 4.96. The third-order valence-corrected chi connectivity index (χ3v) is 3.52. The van der Waals surface area contributed by atoms with Crippen LogP contribution < -0.4 is 0 Å². The van der Waals surface area contributed by atoms with E-state index >= 15 is 0 Å². The smallest absolute Gasteiger partial charge is 0.124 e. The van der Waals surface area contributed by atoms with Crippen molar-refractivity contribution in [3.63, 3.8) is 0 Å². The maximum Gasteiger partial charge on any atom is 0.124 e. The number of nitrogens with zero attached hydrogens (tertiary/aromatic N) is 4. The summed E-state index contributed by atoms with van der Waals surface area (Å²) in [5.74, 6) is 0. The lowest BCUT2D eigenvalue weighted by Gasteiger charge is -2.13. The van der Waals surface area contributed by atoms with Crippen molar-refractivity contribution in [1.29, 1.82) is 0 Å². The number of hydrogen-bond acceptors (Lipinski definition) is 3. The highest BCUT2D eigenvalue weighted by Gasteiger charge is 2.21. The largest absolute Gasteiger partial charge is 0.382 e. The molecule has 1 unspecified atom stereocenters. The number of rotatable bonds is 4. The molecule has 0 radical (unpaired) electrons. The molecule has 1 aromatic carbocycles. The van der Waals surface area contributed by atoms with Crippen molar-refractivity contribution in [2.75, 3.05) is 0 Å². The molecule has 0 saturated carbocycles. The first-order valence-corrected chi connectivity index (χ1v) is 7.00. The Balaban J connectivity index is 2.03. The minimum atomic E-state index is -0.739. The van der Waals surface area contributed by atoms with Gasteiger partial charge in [-0.2, -0.15) is 10.2 Å². The Kier molecular flexibility index (Phi) is 3.58. The van der Waals surface area contributed by atoms with Crippen molar-refractivity contribution >= 4 is 0 Å². The second-order valence-electron chi connectivity index (χ2n) is 4.96. The van der Waals surface area contributed by atoms with E-state index in [1.165, 1.54) is 0 Å². The number of benzene rings is 1. The topological polar surface area (TPSA) is 55.9 Å². The molecule has 1 N–H and O–H groups in total.